The molecular formula is C17H21N5O3. The van der Waals surface area contributed by atoms with Gasteiger partial charge in [-0.3, -0.25) is 4.79 Å². The molecule has 0 aliphatic heterocycles. The fourth-order valence-electron chi connectivity index (χ4n) is 2.12. The van der Waals surface area contributed by atoms with E-state index in [4.69, 9.17) is 10.5 Å². The van der Waals surface area contributed by atoms with E-state index < -0.39 is 5.97 Å². The lowest BCUT2D eigenvalue weighted by Gasteiger charge is -2.10. The van der Waals surface area contributed by atoms with Gasteiger partial charge in [-0.05, 0) is 25.0 Å². The van der Waals surface area contributed by atoms with Crippen molar-refractivity contribution < 1.29 is 14.3 Å². The van der Waals surface area contributed by atoms with E-state index >= 15 is 0 Å². The minimum atomic E-state index is -0.486. The molecule has 2 aromatic rings. The van der Waals surface area contributed by atoms with Gasteiger partial charge in [-0.1, -0.05) is 25.1 Å². The molecule has 1 aromatic carbocycles. The number of Topliss-reactive ketones (excluding diaryl/α,β-unsaturated/α-hetero) is 1. The minimum Gasteiger partial charge on any atom is -0.457 e. The Morgan fingerprint density at radius 2 is 1.92 bits per heavy atom. The number of nitrogens with zero attached hydrogens (tertiary/aromatic N) is 3. The zero-order chi connectivity index (χ0) is 18.2. The fourth-order valence-corrected chi connectivity index (χ4v) is 2.12. The molecule has 3 N–H and O–H groups in total. The maximum atomic E-state index is 11.6. The number of anilines is 3. The molecule has 8 nitrogen and oxygen atoms in total. The van der Waals surface area contributed by atoms with Crippen LogP contribution in [0.25, 0.3) is 0 Å². The summed E-state index contributed by atoms with van der Waals surface area (Å²) in [6, 6.07) is 7.78. The van der Waals surface area contributed by atoms with Crippen molar-refractivity contribution >= 4 is 29.3 Å². The summed E-state index contributed by atoms with van der Waals surface area (Å²) in [6.45, 7) is 3.34. The van der Waals surface area contributed by atoms with E-state index in [2.05, 4.69) is 20.3 Å². The Morgan fingerprint density at radius 1 is 1.16 bits per heavy atom. The summed E-state index contributed by atoms with van der Waals surface area (Å²) in [5, 5.41) is 3.11. The number of hydrogen-bond acceptors (Lipinski definition) is 8. The van der Waals surface area contributed by atoms with Crippen molar-refractivity contribution in [3.8, 4) is 0 Å². The van der Waals surface area contributed by atoms with Gasteiger partial charge in [0.2, 0.25) is 11.9 Å². The summed E-state index contributed by atoms with van der Waals surface area (Å²) >= 11 is 0. The van der Waals surface area contributed by atoms with Crippen LogP contribution in [-0.4, -0.2) is 26.7 Å². The van der Waals surface area contributed by atoms with Gasteiger partial charge in [0.25, 0.3) is 0 Å². The highest BCUT2D eigenvalue weighted by molar-refractivity contribution is 5.80. The molecule has 0 bridgehead atoms. The van der Waals surface area contributed by atoms with Crippen LogP contribution in [0.1, 0.15) is 38.1 Å². The molecule has 0 radical (unpaired) electrons. The molecule has 25 heavy (non-hydrogen) atoms. The number of carbonyl (C=O) groups excluding carboxylic acids is 2. The van der Waals surface area contributed by atoms with E-state index in [0.717, 1.165) is 17.7 Å². The highest BCUT2D eigenvalue weighted by Crippen LogP contribution is 2.19. The Balaban J connectivity index is 2.04. The zero-order valence-corrected chi connectivity index (χ0v) is 14.3. The van der Waals surface area contributed by atoms with Crippen LogP contribution in [0.3, 0.4) is 0 Å². The molecule has 0 atom stereocenters. The lowest BCUT2D eigenvalue weighted by molar-refractivity contribution is -0.146. The number of nitrogen functional groups attached to an aromatic ring is 1. The van der Waals surface area contributed by atoms with Crippen LogP contribution in [0.15, 0.2) is 24.3 Å². The van der Waals surface area contributed by atoms with E-state index in [1.165, 1.54) is 6.92 Å². The largest absolute Gasteiger partial charge is 0.457 e. The van der Waals surface area contributed by atoms with Crippen molar-refractivity contribution in [3.63, 3.8) is 0 Å². The van der Waals surface area contributed by atoms with E-state index in [9.17, 15) is 9.59 Å². The van der Waals surface area contributed by atoms with Crippen molar-refractivity contribution in [1.82, 2.24) is 15.0 Å². The van der Waals surface area contributed by atoms with Crippen LogP contribution in [0.2, 0.25) is 0 Å². The van der Waals surface area contributed by atoms with Crippen molar-refractivity contribution in [2.45, 2.75) is 39.7 Å². The quantitative estimate of drug-likeness (QED) is 0.700. The van der Waals surface area contributed by atoms with Gasteiger partial charge in [0.05, 0.1) is 6.42 Å². The van der Waals surface area contributed by atoms with Gasteiger partial charge in [-0.2, -0.15) is 15.0 Å². The van der Waals surface area contributed by atoms with E-state index in [1.54, 1.807) is 0 Å². The summed E-state index contributed by atoms with van der Waals surface area (Å²) in [5.41, 5.74) is 7.69. The summed E-state index contributed by atoms with van der Waals surface area (Å²) in [6.07, 6.45) is 1.04. The Hall–Kier alpha value is -3.03. The van der Waals surface area contributed by atoms with Crippen LogP contribution < -0.4 is 11.1 Å². The predicted octanol–water partition coefficient (Wildman–Crippen LogP) is 2.17. The van der Waals surface area contributed by atoms with Gasteiger partial charge >= 0.3 is 5.97 Å². The standard InChI is InChI=1S/C17H21N5O3/c1-3-12-6-4-5-7-13(12)19-17-21-14(20-16(18)22-17)10-25-15(24)9-8-11(2)23/h4-7H,3,8-10H2,1-2H3,(H3,18,19,20,21,22). The Labute approximate surface area is 145 Å². The number of aryl methyl sites for hydroxylation is 1. The second-order valence-electron chi connectivity index (χ2n) is 5.43. The number of carbonyl (C=O) groups is 2. The lowest BCUT2D eigenvalue weighted by atomic mass is 10.1. The number of nitrogens with one attached hydrogen (secondary N) is 1. The smallest absolute Gasteiger partial charge is 0.306 e. The lowest BCUT2D eigenvalue weighted by Crippen LogP contribution is -2.11. The molecule has 0 saturated heterocycles. The normalized spacial score (nSPS) is 10.3. The van der Waals surface area contributed by atoms with Gasteiger partial charge in [0.1, 0.15) is 5.78 Å². The van der Waals surface area contributed by atoms with Crippen LogP contribution in [-0.2, 0) is 27.4 Å². The summed E-state index contributed by atoms with van der Waals surface area (Å²) in [7, 11) is 0. The Kier molecular flexibility index (Phi) is 6.39. The molecular weight excluding hydrogens is 322 g/mol. The van der Waals surface area contributed by atoms with Crippen LogP contribution in [0.4, 0.5) is 17.6 Å². The van der Waals surface area contributed by atoms with Crippen LogP contribution in [0.5, 0.6) is 0 Å². The van der Waals surface area contributed by atoms with Crippen LogP contribution >= 0.6 is 0 Å². The first-order valence-corrected chi connectivity index (χ1v) is 7.98. The van der Waals surface area contributed by atoms with E-state index in [1.807, 2.05) is 31.2 Å². The van der Waals surface area contributed by atoms with Gasteiger partial charge in [0, 0.05) is 12.1 Å². The molecule has 0 aliphatic carbocycles. The third kappa shape index (κ3) is 5.83. The first-order valence-electron chi connectivity index (χ1n) is 7.98. The third-order valence-corrected chi connectivity index (χ3v) is 3.39. The Morgan fingerprint density at radius 3 is 2.64 bits per heavy atom. The molecule has 132 valence electrons. The van der Waals surface area contributed by atoms with Crippen molar-refractivity contribution in [2.75, 3.05) is 11.1 Å². The summed E-state index contributed by atoms with van der Waals surface area (Å²) < 4.78 is 5.06. The summed E-state index contributed by atoms with van der Waals surface area (Å²) in [5.74, 6) is -0.00735. The number of esters is 1. The number of aromatic nitrogens is 3. The van der Waals surface area contributed by atoms with Gasteiger partial charge in [-0.15, -0.1) is 0 Å². The molecule has 0 spiro atoms. The van der Waals surface area contributed by atoms with Crippen molar-refractivity contribution in [1.29, 1.82) is 0 Å². The molecule has 1 heterocycles. The SMILES string of the molecule is CCc1ccccc1Nc1nc(N)nc(COC(=O)CCC(C)=O)n1. The average molecular weight is 343 g/mol. The van der Waals surface area contributed by atoms with Crippen LogP contribution in [0, 0.1) is 0 Å². The van der Waals surface area contributed by atoms with E-state index in [-0.39, 0.29) is 43.0 Å². The monoisotopic (exact) mass is 343 g/mol. The Bertz CT molecular complexity index is 764. The first kappa shape index (κ1) is 18.3. The number of para-hydroxylation sites is 1. The molecule has 0 aliphatic rings. The van der Waals surface area contributed by atoms with E-state index in [0.29, 0.717) is 0 Å². The third-order valence-electron chi connectivity index (χ3n) is 3.39. The second-order valence-corrected chi connectivity index (χ2v) is 5.43. The maximum absolute atomic E-state index is 11.6. The molecule has 0 fully saturated rings. The number of nitrogens with two attached hydrogens (primary N) is 1. The first-order chi connectivity index (χ1) is 12.0. The zero-order valence-electron chi connectivity index (χ0n) is 14.3. The summed E-state index contributed by atoms with van der Waals surface area (Å²) in [4.78, 5) is 34.7. The number of hydrogen-bond donors (Lipinski definition) is 2. The molecule has 8 heteroatoms. The van der Waals surface area contributed by atoms with Gasteiger partial charge in [0.15, 0.2) is 12.4 Å². The molecule has 0 unspecified atom stereocenters. The molecule has 1 aromatic heterocycles. The highest BCUT2D eigenvalue weighted by atomic mass is 16.5. The molecule has 0 saturated carbocycles. The van der Waals surface area contributed by atoms with Crippen molar-refractivity contribution in [2.24, 2.45) is 0 Å². The predicted molar refractivity (Wildman–Crippen MR) is 93.1 cm³/mol. The number of benzene rings is 1. The fraction of sp³-hybridized carbons (Fsp3) is 0.353. The molecule has 0 amide bonds. The minimum absolute atomic E-state index is 0.0289. The van der Waals surface area contributed by atoms with Gasteiger partial charge < -0.3 is 20.6 Å². The van der Waals surface area contributed by atoms with Crippen molar-refractivity contribution in [3.05, 3.63) is 35.7 Å². The average Bonchev–Trinajstić information content (AvgIpc) is 2.58. The highest BCUT2D eigenvalue weighted by Gasteiger charge is 2.10. The number of ether oxygens (including phenoxy) is 1. The van der Waals surface area contributed by atoms with Gasteiger partial charge in [-0.25, -0.2) is 0 Å². The maximum Gasteiger partial charge on any atom is 0.306 e. The molecule has 2 rings (SSSR count). The number of ketones is 1. The topological polar surface area (TPSA) is 120 Å². The number of rotatable bonds is 8. The second kappa shape index (κ2) is 8.72.